The Bertz CT molecular complexity index is 739. The van der Waals surface area contributed by atoms with E-state index >= 15 is 0 Å². The van der Waals surface area contributed by atoms with Gasteiger partial charge in [-0.2, -0.15) is 0 Å². The van der Waals surface area contributed by atoms with Crippen molar-refractivity contribution in [1.29, 1.82) is 0 Å². The number of hydrogen-bond donors (Lipinski definition) is 1. The number of ether oxygens (including phenoxy) is 1. The quantitative estimate of drug-likeness (QED) is 0.732. The molecule has 1 aromatic carbocycles. The van der Waals surface area contributed by atoms with Gasteiger partial charge in [0.15, 0.2) is 5.65 Å². The van der Waals surface area contributed by atoms with Gasteiger partial charge < -0.3 is 10.1 Å². The minimum Gasteiger partial charge on any atom is -0.383 e. The Morgan fingerprint density at radius 2 is 2.00 bits per heavy atom. The summed E-state index contributed by atoms with van der Waals surface area (Å²) in [4.78, 5) is 4.31. The van der Waals surface area contributed by atoms with E-state index in [0.717, 1.165) is 22.7 Å². The summed E-state index contributed by atoms with van der Waals surface area (Å²) in [6.07, 6.45) is 1.73. The summed E-state index contributed by atoms with van der Waals surface area (Å²) >= 11 is 0. The number of nitrogens with one attached hydrogen (secondary N) is 1. The molecule has 3 rings (SSSR count). The van der Waals surface area contributed by atoms with Gasteiger partial charge in [-0.1, -0.05) is 0 Å². The number of halogens is 1. The summed E-state index contributed by atoms with van der Waals surface area (Å²) in [5.74, 6) is 0.475. The van der Waals surface area contributed by atoms with Crippen molar-refractivity contribution in [1.82, 2.24) is 14.6 Å². The maximum atomic E-state index is 13.0. The number of rotatable bonds is 5. The first-order valence-corrected chi connectivity index (χ1v) is 6.61. The Balaban J connectivity index is 1.95. The summed E-state index contributed by atoms with van der Waals surface area (Å²) < 4.78 is 19.8. The van der Waals surface area contributed by atoms with Crippen LogP contribution in [0.3, 0.4) is 0 Å². The van der Waals surface area contributed by atoms with Gasteiger partial charge in [-0.25, -0.2) is 13.9 Å². The second-order valence-electron chi connectivity index (χ2n) is 4.56. The molecule has 0 fully saturated rings. The average molecular weight is 286 g/mol. The minimum atomic E-state index is -0.262. The lowest BCUT2D eigenvalue weighted by Crippen LogP contribution is -2.10. The predicted octanol–water partition coefficient (Wildman–Crippen LogP) is 2.59. The Labute approximate surface area is 121 Å². The Morgan fingerprint density at radius 1 is 1.19 bits per heavy atom. The normalized spacial score (nSPS) is 11.0. The van der Waals surface area contributed by atoms with Crippen LogP contribution in [-0.4, -0.2) is 34.9 Å². The molecular weight excluding hydrogens is 271 g/mol. The fraction of sp³-hybridized carbons (Fsp3) is 0.200. The molecular formula is C15H15FN4O. The molecule has 0 atom stereocenters. The minimum absolute atomic E-state index is 0.262. The molecule has 5 nitrogen and oxygen atoms in total. The number of anilines is 1. The predicted molar refractivity (Wildman–Crippen MR) is 78.7 cm³/mol. The number of imidazole rings is 1. The van der Waals surface area contributed by atoms with Gasteiger partial charge in [-0.15, -0.1) is 5.10 Å². The van der Waals surface area contributed by atoms with Crippen LogP contribution in [0.1, 0.15) is 0 Å². The summed E-state index contributed by atoms with van der Waals surface area (Å²) in [6.45, 7) is 1.28. The number of hydrogen-bond acceptors (Lipinski definition) is 4. The largest absolute Gasteiger partial charge is 0.383 e. The highest BCUT2D eigenvalue weighted by molar-refractivity contribution is 5.63. The molecule has 108 valence electrons. The van der Waals surface area contributed by atoms with Crippen molar-refractivity contribution in [3.8, 4) is 11.3 Å². The Hall–Kier alpha value is -2.47. The van der Waals surface area contributed by atoms with Crippen LogP contribution in [0.15, 0.2) is 42.6 Å². The first kappa shape index (κ1) is 13.5. The zero-order chi connectivity index (χ0) is 14.7. The number of nitrogens with zero attached hydrogens (tertiary/aromatic N) is 3. The van der Waals surface area contributed by atoms with Crippen LogP contribution in [0.5, 0.6) is 0 Å². The van der Waals surface area contributed by atoms with E-state index in [4.69, 9.17) is 4.74 Å². The third kappa shape index (κ3) is 2.85. The van der Waals surface area contributed by atoms with E-state index in [-0.39, 0.29) is 5.82 Å². The molecule has 21 heavy (non-hydrogen) atoms. The molecule has 1 N–H and O–H groups in total. The van der Waals surface area contributed by atoms with Gasteiger partial charge in [-0.3, -0.25) is 0 Å². The summed E-state index contributed by atoms with van der Waals surface area (Å²) in [5, 5.41) is 7.67. The standard InChI is InChI=1S/C15H15FN4O/c1-21-9-8-17-14-6-7-15-18-10-13(20(15)19-14)11-2-4-12(16)5-3-11/h2-7,10H,8-9H2,1H3,(H,17,19). The molecule has 0 amide bonds. The maximum Gasteiger partial charge on any atom is 0.154 e. The molecule has 0 aliphatic heterocycles. The van der Waals surface area contributed by atoms with Crippen molar-refractivity contribution in [2.75, 3.05) is 25.6 Å². The molecule has 0 saturated heterocycles. The zero-order valence-corrected chi connectivity index (χ0v) is 11.6. The van der Waals surface area contributed by atoms with Crippen molar-refractivity contribution >= 4 is 11.5 Å². The smallest absolute Gasteiger partial charge is 0.154 e. The van der Waals surface area contributed by atoms with E-state index in [1.807, 2.05) is 12.1 Å². The summed E-state index contributed by atoms with van der Waals surface area (Å²) in [7, 11) is 1.65. The number of aromatic nitrogens is 3. The third-order valence-electron chi connectivity index (χ3n) is 3.11. The highest BCUT2D eigenvalue weighted by atomic mass is 19.1. The van der Waals surface area contributed by atoms with Gasteiger partial charge >= 0.3 is 0 Å². The van der Waals surface area contributed by atoms with E-state index in [2.05, 4.69) is 15.4 Å². The van der Waals surface area contributed by atoms with Gasteiger partial charge in [0.2, 0.25) is 0 Å². The van der Waals surface area contributed by atoms with E-state index < -0.39 is 0 Å². The van der Waals surface area contributed by atoms with Crippen LogP contribution < -0.4 is 5.32 Å². The Morgan fingerprint density at radius 3 is 2.76 bits per heavy atom. The molecule has 0 bridgehead atoms. The summed E-state index contributed by atoms with van der Waals surface area (Å²) in [5.41, 5.74) is 2.43. The molecule has 6 heteroatoms. The van der Waals surface area contributed by atoms with Crippen LogP contribution in [0.4, 0.5) is 10.2 Å². The summed E-state index contributed by atoms with van der Waals surface area (Å²) in [6, 6.07) is 10.0. The van der Waals surface area contributed by atoms with Crippen LogP contribution in [0.25, 0.3) is 16.9 Å². The Kier molecular flexibility index (Phi) is 3.79. The van der Waals surface area contributed by atoms with Gasteiger partial charge in [-0.05, 0) is 36.4 Å². The number of benzene rings is 1. The fourth-order valence-electron chi connectivity index (χ4n) is 2.07. The van der Waals surface area contributed by atoms with Crippen LogP contribution in [0.2, 0.25) is 0 Å². The van der Waals surface area contributed by atoms with Gasteiger partial charge in [0, 0.05) is 19.2 Å². The van der Waals surface area contributed by atoms with Crippen molar-refractivity contribution in [3.63, 3.8) is 0 Å². The fourth-order valence-corrected chi connectivity index (χ4v) is 2.07. The molecule has 3 aromatic rings. The molecule has 0 unspecified atom stereocenters. The van der Waals surface area contributed by atoms with Gasteiger partial charge in [0.05, 0.1) is 18.5 Å². The maximum absolute atomic E-state index is 13.0. The second-order valence-corrected chi connectivity index (χ2v) is 4.56. The van der Waals surface area contributed by atoms with Crippen molar-refractivity contribution in [2.45, 2.75) is 0 Å². The van der Waals surface area contributed by atoms with E-state index in [1.54, 1.807) is 30.0 Å². The monoisotopic (exact) mass is 286 g/mol. The van der Waals surface area contributed by atoms with Crippen LogP contribution in [-0.2, 0) is 4.74 Å². The lowest BCUT2D eigenvalue weighted by Gasteiger charge is -2.06. The highest BCUT2D eigenvalue weighted by Gasteiger charge is 2.08. The number of fused-ring (bicyclic) bond motifs is 1. The second kappa shape index (κ2) is 5.88. The average Bonchev–Trinajstić information content (AvgIpc) is 2.92. The van der Waals surface area contributed by atoms with Crippen LogP contribution >= 0.6 is 0 Å². The molecule has 0 spiro atoms. The van der Waals surface area contributed by atoms with E-state index in [1.165, 1.54) is 12.1 Å². The third-order valence-corrected chi connectivity index (χ3v) is 3.11. The van der Waals surface area contributed by atoms with E-state index in [0.29, 0.717) is 13.2 Å². The molecule has 0 radical (unpaired) electrons. The molecule has 0 aliphatic carbocycles. The molecule has 0 saturated carbocycles. The zero-order valence-electron chi connectivity index (χ0n) is 11.6. The van der Waals surface area contributed by atoms with Crippen molar-refractivity contribution in [2.24, 2.45) is 0 Å². The lowest BCUT2D eigenvalue weighted by molar-refractivity contribution is 0.210. The molecule has 0 aliphatic rings. The van der Waals surface area contributed by atoms with Gasteiger partial charge in [0.1, 0.15) is 11.6 Å². The lowest BCUT2D eigenvalue weighted by atomic mass is 10.2. The molecule has 2 heterocycles. The van der Waals surface area contributed by atoms with E-state index in [9.17, 15) is 4.39 Å². The SMILES string of the molecule is COCCNc1ccc2ncc(-c3ccc(F)cc3)n2n1. The topological polar surface area (TPSA) is 51.5 Å². The first-order valence-electron chi connectivity index (χ1n) is 6.61. The molecule has 2 aromatic heterocycles. The number of methoxy groups -OCH3 is 1. The highest BCUT2D eigenvalue weighted by Crippen LogP contribution is 2.21. The van der Waals surface area contributed by atoms with Crippen molar-refractivity contribution in [3.05, 3.63) is 48.4 Å². The van der Waals surface area contributed by atoms with Gasteiger partial charge in [0.25, 0.3) is 0 Å². The van der Waals surface area contributed by atoms with Crippen LogP contribution in [0, 0.1) is 5.82 Å². The first-order chi connectivity index (χ1) is 10.3. The van der Waals surface area contributed by atoms with Crippen molar-refractivity contribution < 1.29 is 9.13 Å².